The molecule has 1 atom stereocenters. The highest BCUT2D eigenvalue weighted by Gasteiger charge is 2.17. The van der Waals surface area contributed by atoms with Crippen LogP contribution in [0.1, 0.15) is 52.4 Å². The van der Waals surface area contributed by atoms with Crippen LogP contribution in [0.5, 0.6) is 0 Å². The van der Waals surface area contributed by atoms with Crippen LogP contribution in [0.3, 0.4) is 0 Å². The largest absolute Gasteiger partial charge is 0.315 e. The molecule has 2 nitrogen and oxygen atoms in total. The molecule has 96 valence electrons. The molecule has 0 radical (unpaired) electrons. The fourth-order valence-corrected chi connectivity index (χ4v) is 2.47. The molecule has 0 aromatic heterocycles. The van der Waals surface area contributed by atoms with Crippen molar-refractivity contribution in [3.63, 3.8) is 0 Å². The van der Waals surface area contributed by atoms with Crippen LogP contribution in [0.4, 0.5) is 0 Å². The highest BCUT2D eigenvalue weighted by Crippen LogP contribution is 2.14. The zero-order chi connectivity index (χ0) is 11.8. The Morgan fingerprint density at radius 1 is 1.25 bits per heavy atom. The lowest BCUT2D eigenvalue weighted by atomic mass is 10.0. The van der Waals surface area contributed by atoms with Gasteiger partial charge in [0.2, 0.25) is 0 Å². The molecule has 0 amide bonds. The van der Waals surface area contributed by atoms with Gasteiger partial charge in [0, 0.05) is 12.6 Å². The molecule has 1 unspecified atom stereocenters. The summed E-state index contributed by atoms with van der Waals surface area (Å²) in [5.41, 5.74) is 0. The molecule has 1 N–H and O–H groups in total. The van der Waals surface area contributed by atoms with Crippen molar-refractivity contribution in [1.29, 1.82) is 0 Å². The summed E-state index contributed by atoms with van der Waals surface area (Å²) in [5.74, 6) is 0.865. The molecule has 1 fully saturated rings. The number of likely N-dealkylation sites (N-methyl/N-ethyl adjacent to an activating group) is 1. The average Bonchev–Trinajstić information content (AvgIpc) is 2.25. The molecule has 1 rings (SSSR count). The first-order valence-electron chi connectivity index (χ1n) is 7.11. The summed E-state index contributed by atoms with van der Waals surface area (Å²) < 4.78 is 0. The Morgan fingerprint density at radius 3 is 2.75 bits per heavy atom. The zero-order valence-corrected chi connectivity index (χ0v) is 11.5. The minimum atomic E-state index is 0.791. The van der Waals surface area contributed by atoms with Crippen LogP contribution in [0, 0.1) is 5.92 Å². The number of nitrogens with zero attached hydrogens (tertiary/aromatic N) is 1. The van der Waals surface area contributed by atoms with E-state index < -0.39 is 0 Å². The van der Waals surface area contributed by atoms with Crippen molar-refractivity contribution >= 4 is 0 Å². The minimum Gasteiger partial charge on any atom is -0.315 e. The van der Waals surface area contributed by atoms with E-state index in [1.165, 1.54) is 58.2 Å². The highest BCUT2D eigenvalue weighted by atomic mass is 15.2. The van der Waals surface area contributed by atoms with Gasteiger partial charge in [0.25, 0.3) is 0 Å². The van der Waals surface area contributed by atoms with Crippen LogP contribution in [-0.2, 0) is 0 Å². The Kier molecular flexibility index (Phi) is 7.06. The van der Waals surface area contributed by atoms with Crippen molar-refractivity contribution in [2.24, 2.45) is 5.92 Å². The summed E-state index contributed by atoms with van der Waals surface area (Å²) in [4.78, 5) is 2.52. The number of piperidine rings is 1. The smallest absolute Gasteiger partial charge is 0.0217 e. The second-order valence-electron chi connectivity index (χ2n) is 5.72. The summed E-state index contributed by atoms with van der Waals surface area (Å²) in [6.07, 6.45) is 8.30. The normalized spacial score (nSPS) is 22.9. The minimum absolute atomic E-state index is 0.791. The molecule has 1 aliphatic rings. The monoisotopic (exact) mass is 226 g/mol. The number of hydrogen-bond acceptors (Lipinski definition) is 2. The van der Waals surface area contributed by atoms with Crippen molar-refractivity contribution in [2.75, 3.05) is 26.7 Å². The van der Waals surface area contributed by atoms with E-state index in [2.05, 4.69) is 31.1 Å². The van der Waals surface area contributed by atoms with Crippen molar-refractivity contribution < 1.29 is 0 Å². The average molecular weight is 226 g/mol. The van der Waals surface area contributed by atoms with Crippen molar-refractivity contribution in [3.8, 4) is 0 Å². The Bertz CT molecular complexity index is 168. The lowest BCUT2D eigenvalue weighted by Crippen LogP contribution is -2.43. The van der Waals surface area contributed by atoms with E-state index >= 15 is 0 Å². The molecule has 0 bridgehead atoms. The zero-order valence-electron chi connectivity index (χ0n) is 11.5. The molecule has 0 aromatic carbocycles. The molecule has 16 heavy (non-hydrogen) atoms. The van der Waals surface area contributed by atoms with Gasteiger partial charge in [-0.15, -0.1) is 0 Å². The van der Waals surface area contributed by atoms with E-state index in [-0.39, 0.29) is 0 Å². The van der Waals surface area contributed by atoms with Crippen LogP contribution < -0.4 is 5.32 Å². The predicted molar refractivity (Wildman–Crippen MR) is 71.8 cm³/mol. The van der Waals surface area contributed by atoms with Crippen molar-refractivity contribution in [3.05, 3.63) is 0 Å². The summed E-state index contributed by atoms with van der Waals surface area (Å²) in [7, 11) is 2.27. The topological polar surface area (TPSA) is 15.3 Å². The van der Waals surface area contributed by atoms with E-state index in [1.54, 1.807) is 0 Å². The summed E-state index contributed by atoms with van der Waals surface area (Å²) in [6, 6.07) is 0.791. The maximum absolute atomic E-state index is 3.62. The van der Waals surface area contributed by atoms with Crippen LogP contribution in [0.25, 0.3) is 0 Å². The fraction of sp³-hybridized carbons (Fsp3) is 1.00. The second kappa shape index (κ2) is 8.08. The van der Waals surface area contributed by atoms with Gasteiger partial charge in [0.05, 0.1) is 0 Å². The molecule has 0 aromatic rings. The Morgan fingerprint density at radius 2 is 2.06 bits per heavy atom. The first-order valence-corrected chi connectivity index (χ1v) is 7.11. The van der Waals surface area contributed by atoms with E-state index in [0.717, 1.165) is 12.0 Å². The van der Waals surface area contributed by atoms with Gasteiger partial charge in [-0.3, -0.25) is 0 Å². The van der Waals surface area contributed by atoms with Crippen LogP contribution in [-0.4, -0.2) is 37.6 Å². The number of nitrogens with one attached hydrogen (secondary N) is 1. The number of rotatable bonds is 7. The van der Waals surface area contributed by atoms with Gasteiger partial charge >= 0.3 is 0 Å². The maximum Gasteiger partial charge on any atom is 0.0217 e. The predicted octanol–water partition coefficient (Wildman–Crippen LogP) is 2.89. The molecule has 1 aliphatic heterocycles. The standard InChI is InChI=1S/C14H30N2/c1-13(2)8-4-6-10-15-12-14-9-5-7-11-16(14)3/h13-15H,4-12H2,1-3H3. The summed E-state index contributed by atoms with van der Waals surface area (Å²) in [5, 5.41) is 3.62. The Balaban J connectivity index is 1.94. The Labute approximate surface area is 102 Å². The van der Waals surface area contributed by atoms with Gasteiger partial charge in [-0.1, -0.05) is 33.1 Å². The third-order valence-electron chi connectivity index (χ3n) is 3.69. The number of likely N-dealkylation sites (tertiary alicyclic amines) is 1. The molecule has 0 spiro atoms. The van der Waals surface area contributed by atoms with Gasteiger partial charge in [-0.25, -0.2) is 0 Å². The molecule has 0 saturated carbocycles. The molecule has 1 saturated heterocycles. The van der Waals surface area contributed by atoms with Gasteiger partial charge in [-0.2, -0.15) is 0 Å². The van der Waals surface area contributed by atoms with E-state index in [1.807, 2.05) is 0 Å². The third kappa shape index (κ3) is 5.86. The van der Waals surface area contributed by atoms with Gasteiger partial charge < -0.3 is 10.2 Å². The molecule has 2 heteroatoms. The van der Waals surface area contributed by atoms with E-state index in [4.69, 9.17) is 0 Å². The van der Waals surface area contributed by atoms with Crippen molar-refractivity contribution in [1.82, 2.24) is 10.2 Å². The summed E-state index contributed by atoms with van der Waals surface area (Å²) >= 11 is 0. The first-order chi connectivity index (χ1) is 7.70. The lowest BCUT2D eigenvalue weighted by Gasteiger charge is -2.32. The quantitative estimate of drug-likeness (QED) is 0.672. The second-order valence-corrected chi connectivity index (χ2v) is 5.72. The lowest BCUT2D eigenvalue weighted by molar-refractivity contribution is 0.181. The van der Waals surface area contributed by atoms with E-state index in [9.17, 15) is 0 Å². The molecule has 0 aliphatic carbocycles. The number of unbranched alkanes of at least 4 members (excludes halogenated alkanes) is 1. The first kappa shape index (κ1) is 14.0. The van der Waals surface area contributed by atoms with Gasteiger partial charge in [0.15, 0.2) is 0 Å². The number of hydrogen-bond donors (Lipinski definition) is 1. The van der Waals surface area contributed by atoms with Crippen LogP contribution in [0.2, 0.25) is 0 Å². The SMILES string of the molecule is CC(C)CCCCNCC1CCCCN1C. The Hall–Kier alpha value is -0.0800. The third-order valence-corrected chi connectivity index (χ3v) is 3.69. The maximum atomic E-state index is 3.62. The van der Waals surface area contributed by atoms with Gasteiger partial charge in [0.1, 0.15) is 0 Å². The summed E-state index contributed by atoms with van der Waals surface area (Å²) in [6.45, 7) is 8.31. The molecular formula is C14H30N2. The molecule has 1 heterocycles. The van der Waals surface area contributed by atoms with E-state index in [0.29, 0.717) is 0 Å². The highest BCUT2D eigenvalue weighted by molar-refractivity contribution is 4.75. The van der Waals surface area contributed by atoms with Gasteiger partial charge in [-0.05, 0) is 45.3 Å². The van der Waals surface area contributed by atoms with Crippen molar-refractivity contribution in [2.45, 2.75) is 58.4 Å². The fourth-order valence-electron chi connectivity index (χ4n) is 2.47. The van der Waals surface area contributed by atoms with Crippen LogP contribution >= 0.6 is 0 Å². The van der Waals surface area contributed by atoms with Crippen LogP contribution in [0.15, 0.2) is 0 Å². The molecular weight excluding hydrogens is 196 g/mol.